The minimum Gasteiger partial charge on any atom is -0.291 e. The summed E-state index contributed by atoms with van der Waals surface area (Å²) in [6, 6.07) is 7.39. The minimum absolute atomic E-state index is 0.278. The van der Waals surface area contributed by atoms with Crippen molar-refractivity contribution in [3.05, 3.63) is 29.3 Å². The quantitative estimate of drug-likeness (QED) is 0.852. The van der Waals surface area contributed by atoms with Crippen LogP contribution in [-0.4, -0.2) is 14.7 Å². The van der Waals surface area contributed by atoms with Gasteiger partial charge in [-0.3, -0.25) is 5.32 Å². The molecule has 2 rings (SSSR count). The number of fused-ring (bicyclic) bond motifs is 1. The van der Waals surface area contributed by atoms with E-state index in [0.29, 0.717) is 11.4 Å². The summed E-state index contributed by atoms with van der Waals surface area (Å²) in [4.78, 5) is 0.302. The van der Waals surface area contributed by atoms with Crippen LogP contribution < -0.4 is 5.32 Å². The molecule has 0 amide bonds. The van der Waals surface area contributed by atoms with Crippen molar-refractivity contribution in [1.29, 1.82) is 5.26 Å². The fraction of sp³-hybridized carbons (Fsp3) is 0.500. The first-order valence-corrected chi connectivity index (χ1v) is 8.01. The van der Waals surface area contributed by atoms with Gasteiger partial charge in [0.05, 0.1) is 11.0 Å². The molecule has 4 nitrogen and oxygen atoms in total. The van der Waals surface area contributed by atoms with Crippen LogP contribution in [-0.2, 0) is 21.9 Å². The van der Waals surface area contributed by atoms with Gasteiger partial charge in [-0.15, -0.1) is 0 Å². The van der Waals surface area contributed by atoms with Gasteiger partial charge in [0, 0.05) is 12.8 Å². The van der Waals surface area contributed by atoms with E-state index in [0.717, 1.165) is 11.1 Å². The fourth-order valence-corrected chi connectivity index (χ4v) is 3.24. The molecule has 1 unspecified atom stereocenters. The molecule has 1 atom stereocenters. The lowest BCUT2D eigenvalue weighted by atomic mass is 9.71. The van der Waals surface area contributed by atoms with Crippen molar-refractivity contribution < 1.29 is 8.42 Å². The first-order valence-electron chi connectivity index (χ1n) is 6.11. The van der Waals surface area contributed by atoms with Crippen LogP contribution in [0.4, 0.5) is 0 Å². The summed E-state index contributed by atoms with van der Waals surface area (Å²) in [5, 5.41) is 12.8. The number of nitriles is 1. The second kappa shape index (κ2) is 4.06. The summed E-state index contributed by atoms with van der Waals surface area (Å²) in [6.07, 6.45) is 1.19. The SMILES string of the molecule is CC(C)(C)C1(C#N)NCc2cc(S(C)(=O)=O)ccc21. The summed E-state index contributed by atoms with van der Waals surface area (Å²) in [5.74, 6) is 0. The Hall–Kier alpha value is -1.38. The Morgan fingerprint density at radius 2 is 2.00 bits per heavy atom. The summed E-state index contributed by atoms with van der Waals surface area (Å²) >= 11 is 0. The molecule has 1 aromatic carbocycles. The maximum absolute atomic E-state index is 11.6. The molecule has 1 aliphatic heterocycles. The van der Waals surface area contributed by atoms with Crippen LogP contribution in [0.15, 0.2) is 23.1 Å². The largest absolute Gasteiger partial charge is 0.291 e. The van der Waals surface area contributed by atoms with E-state index in [4.69, 9.17) is 0 Å². The zero-order chi connectivity index (χ0) is 14.5. The molecule has 102 valence electrons. The van der Waals surface area contributed by atoms with Gasteiger partial charge in [0.1, 0.15) is 5.54 Å². The number of hydrogen-bond donors (Lipinski definition) is 1. The van der Waals surface area contributed by atoms with Gasteiger partial charge in [-0.2, -0.15) is 5.26 Å². The van der Waals surface area contributed by atoms with Crippen molar-refractivity contribution in [3.63, 3.8) is 0 Å². The van der Waals surface area contributed by atoms with E-state index in [1.165, 1.54) is 6.26 Å². The van der Waals surface area contributed by atoms with Gasteiger partial charge in [-0.1, -0.05) is 26.8 Å². The highest BCUT2D eigenvalue weighted by Crippen LogP contribution is 2.44. The van der Waals surface area contributed by atoms with E-state index in [2.05, 4.69) is 11.4 Å². The Morgan fingerprint density at radius 1 is 1.37 bits per heavy atom. The molecule has 0 bridgehead atoms. The Morgan fingerprint density at radius 3 is 2.47 bits per heavy atom. The van der Waals surface area contributed by atoms with Gasteiger partial charge < -0.3 is 0 Å². The number of nitrogens with zero attached hydrogens (tertiary/aromatic N) is 1. The third-order valence-electron chi connectivity index (χ3n) is 3.75. The van der Waals surface area contributed by atoms with Crippen molar-refractivity contribution in [3.8, 4) is 6.07 Å². The fourth-order valence-electron chi connectivity index (χ4n) is 2.57. The van der Waals surface area contributed by atoms with Gasteiger partial charge in [0.2, 0.25) is 0 Å². The normalized spacial score (nSPS) is 22.9. The third kappa shape index (κ3) is 2.05. The van der Waals surface area contributed by atoms with Crippen molar-refractivity contribution >= 4 is 9.84 Å². The van der Waals surface area contributed by atoms with Crippen LogP contribution in [0.2, 0.25) is 0 Å². The number of rotatable bonds is 1. The van der Waals surface area contributed by atoms with Gasteiger partial charge in [-0.25, -0.2) is 8.42 Å². The summed E-state index contributed by atoms with van der Waals surface area (Å²) in [6.45, 7) is 6.53. The first-order chi connectivity index (χ1) is 8.62. The highest BCUT2D eigenvalue weighted by molar-refractivity contribution is 7.90. The predicted octanol–water partition coefficient (Wildman–Crippen LogP) is 1.96. The van der Waals surface area contributed by atoms with Crippen molar-refractivity contribution in [2.24, 2.45) is 5.41 Å². The molecule has 5 heteroatoms. The van der Waals surface area contributed by atoms with E-state index >= 15 is 0 Å². The van der Waals surface area contributed by atoms with Crippen molar-refractivity contribution in [1.82, 2.24) is 5.32 Å². The van der Waals surface area contributed by atoms with Crippen LogP contribution in [0.25, 0.3) is 0 Å². The van der Waals surface area contributed by atoms with Crippen molar-refractivity contribution in [2.45, 2.75) is 37.8 Å². The van der Waals surface area contributed by atoms with Gasteiger partial charge in [0.25, 0.3) is 0 Å². The Kier molecular flexibility index (Phi) is 3.00. The standard InChI is InChI=1S/C14H18N2O2S/c1-13(2,3)14(9-15)12-6-5-11(19(4,17)18)7-10(12)8-16-14/h5-7,16H,8H2,1-4H3. The first kappa shape index (κ1) is 14.0. The number of benzene rings is 1. The van der Waals surface area contributed by atoms with E-state index < -0.39 is 15.4 Å². The predicted molar refractivity (Wildman–Crippen MR) is 73.1 cm³/mol. The van der Waals surface area contributed by atoms with Crippen LogP contribution in [0, 0.1) is 16.7 Å². The van der Waals surface area contributed by atoms with E-state index in [9.17, 15) is 13.7 Å². The Balaban J connectivity index is 2.64. The molecule has 1 N–H and O–H groups in total. The second-order valence-electron chi connectivity index (χ2n) is 6.06. The van der Waals surface area contributed by atoms with E-state index in [1.807, 2.05) is 20.8 Å². The Bertz CT molecular complexity index is 666. The highest BCUT2D eigenvalue weighted by Gasteiger charge is 2.48. The molecule has 0 aromatic heterocycles. The van der Waals surface area contributed by atoms with Crippen LogP contribution in [0.3, 0.4) is 0 Å². The third-order valence-corrected chi connectivity index (χ3v) is 4.86. The van der Waals surface area contributed by atoms with Crippen LogP contribution >= 0.6 is 0 Å². The summed E-state index contributed by atoms with van der Waals surface area (Å²) in [5.41, 5.74) is 0.729. The highest BCUT2D eigenvalue weighted by atomic mass is 32.2. The maximum Gasteiger partial charge on any atom is 0.175 e. The van der Waals surface area contributed by atoms with Gasteiger partial charge in [-0.05, 0) is 28.7 Å². The minimum atomic E-state index is -3.21. The van der Waals surface area contributed by atoms with Crippen molar-refractivity contribution in [2.75, 3.05) is 6.26 Å². The lowest BCUT2D eigenvalue weighted by molar-refractivity contribution is 0.212. The molecule has 0 fully saturated rings. The average Bonchev–Trinajstić information content (AvgIpc) is 2.65. The molecular formula is C14H18N2O2S. The topological polar surface area (TPSA) is 70.0 Å². The van der Waals surface area contributed by atoms with Crippen LogP contribution in [0.1, 0.15) is 31.9 Å². The molecule has 0 aliphatic carbocycles. The number of sulfone groups is 1. The second-order valence-corrected chi connectivity index (χ2v) is 8.07. The summed E-state index contributed by atoms with van der Waals surface area (Å²) in [7, 11) is -3.21. The zero-order valence-electron chi connectivity index (χ0n) is 11.6. The molecule has 19 heavy (non-hydrogen) atoms. The van der Waals surface area contributed by atoms with Gasteiger partial charge in [0.15, 0.2) is 9.84 Å². The Labute approximate surface area is 114 Å². The molecule has 0 spiro atoms. The zero-order valence-corrected chi connectivity index (χ0v) is 12.4. The molecule has 0 saturated heterocycles. The lowest BCUT2D eigenvalue weighted by Gasteiger charge is -2.36. The van der Waals surface area contributed by atoms with E-state index in [1.54, 1.807) is 18.2 Å². The van der Waals surface area contributed by atoms with Gasteiger partial charge >= 0.3 is 0 Å². The molecule has 0 saturated carbocycles. The maximum atomic E-state index is 11.6. The number of hydrogen-bond acceptors (Lipinski definition) is 4. The molecular weight excluding hydrogens is 260 g/mol. The smallest absolute Gasteiger partial charge is 0.175 e. The van der Waals surface area contributed by atoms with Crippen LogP contribution in [0.5, 0.6) is 0 Å². The number of nitrogens with one attached hydrogen (secondary N) is 1. The molecule has 1 aromatic rings. The lowest BCUT2D eigenvalue weighted by Crippen LogP contribution is -2.46. The molecule has 1 aliphatic rings. The monoisotopic (exact) mass is 278 g/mol. The average molecular weight is 278 g/mol. The summed E-state index contributed by atoms with van der Waals surface area (Å²) < 4.78 is 23.2. The molecule has 0 radical (unpaired) electrons. The molecule has 1 heterocycles. The van der Waals surface area contributed by atoms with E-state index in [-0.39, 0.29) is 5.41 Å².